The highest BCUT2D eigenvalue weighted by Gasteiger charge is 2.33. The topological polar surface area (TPSA) is 64.7 Å². The summed E-state index contributed by atoms with van der Waals surface area (Å²) in [6.07, 6.45) is 10.4. The standard InChI is InChI=1S/C21H27N7/c1-16-3-2-4-18(23-16)13-26-10-7-17(8-11-26)21-25-24-20(28(21)19-5-6-19)14-27-12-9-22-15-27/h2-4,9,12,15,17,19H,5-8,10-11,13-14H2,1H3. The summed E-state index contributed by atoms with van der Waals surface area (Å²) < 4.78 is 4.51. The van der Waals surface area contributed by atoms with Gasteiger partial charge in [-0.1, -0.05) is 6.07 Å². The first-order valence-corrected chi connectivity index (χ1v) is 10.3. The van der Waals surface area contributed by atoms with Crippen LogP contribution in [0.2, 0.25) is 0 Å². The van der Waals surface area contributed by atoms with Crippen LogP contribution in [0.15, 0.2) is 36.9 Å². The second kappa shape index (κ2) is 7.47. The zero-order valence-electron chi connectivity index (χ0n) is 16.4. The van der Waals surface area contributed by atoms with E-state index in [4.69, 9.17) is 0 Å². The molecule has 0 N–H and O–H groups in total. The van der Waals surface area contributed by atoms with Gasteiger partial charge in [-0.2, -0.15) is 0 Å². The molecule has 0 unspecified atom stereocenters. The van der Waals surface area contributed by atoms with Gasteiger partial charge in [0, 0.05) is 36.6 Å². The van der Waals surface area contributed by atoms with Crippen LogP contribution >= 0.6 is 0 Å². The van der Waals surface area contributed by atoms with Crippen molar-refractivity contribution in [3.05, 3.63) is 60.0 Å². The van der Waals surface area contributed by atoms with Gasteiger partial charge in [0.2, 0.25) is 0 Å². The lowest BCUT2D eigenvalue weighted by atomic mass is 9.95. The van der Waals surface area contributed by atoms with E-state index in [1.807, 2.05) is 18.7 Å². The number of aryl methyl sites for hydroxylation is 1. The maximum absolute atomic E-state index is 4.65. The predicted octanol–water partition coefficient (Wildman–Crippen LogP) is 2.94. The van der Waals surface area contributed by atoms with Crippen molar-refractivity contribution in [1.29, 1.82) is 0 Å². The average Bonchev–Trinajstić information content (AvgIpc) is 3.24. The van der Waals surface area contributed by atoms with Gasteiger partial charge in [0.05, 0.1) is 18.6 Å². The first-order chi connectivity index (χ1) is 13.8. The fraction of sp³-hybridized carbons (Fsp3) is 0.524. The molecule has 0 bridgehead atoms. The zero-order valence-corrected chi connectivity index (χ0v) is 16.4. The molecule has 28 heavy (non-hydrogen) atoms. The zero-order chi connectivity index (χ0) is 18.9. The molecule has 2 aliphatic rings. The summed E-state index contributed by atoms with van der Waals surface area (Å²) in [6, 6.07) is 6.88. The molecule has 1 aliphatic carbocycles. The maximum Gasteiger partial charge on any atom is 0.153 e. The largest absolute Gasteiger partial charge is 0.330 e. The molecule has 1 saturated heterocycles. The van der Waals surface area contributed by atoms with Crippen LogP contribution in [-0.4, -0.2) is 47.3 Å². The summed E-state index contributed by atoms with van der Waals surface area (Å²) in [5, 5.41) is 9.22. The van der Waals surface area contributed by atoms with Gasteiger partial charge in [-0.3, -0.25) is 9.88 Å². The molecule has 3 aromatic heterocycles. The van der Waals surface area contributed by atoms with Crippen molar-refractivity contribution in [2.45, 2.75) is 57.7 Å². The number of imidazole rings is 1. The highest BCUT2D eigenvalue weighted by Crippen LogP contribution is 2.40. The van der Waals surface area contributed by atoms with Crippen LogP contribution in [0.5, 0.6) is 0 Å². The monoisotopic (exact) mass is 377 g/mol. The SMILES string of the molecule is Cc1cccc(CN2CCC(c3nnc(Cn4ccnc4)n3C3CC3)CC2)n1. The number of hydrogen-bond acceptors (Lipinski definition) is 5. The lowest BCUT2D eigenvalue weighted by Gasteiger charge is -2.31. The van der Waals surface area contributed by atoms with Crippen LogP contribution in [0.3, 0.4) is 0 Å². The van der Waals surface area contributed by atoms with Gasteiger partial charge < -0.3 is 9.13 Å². The number of rotatable bonds is 6. The van der Waals surface area contributed by atoms with Crippen molar-refractivity contribution < 1.29 is 0 Å². The lowest BCUT2D eigenvalue weighted by molar-refractivity contribution is 0.197. The Morgan fingerprint density at radius 3 is 2.61 bits per heavy atom. The number of nitrogens with zero attached hydrogens (tertiary/aromatic N) is 7. The van der Waals surface area contributed by atoms with Crippen LogP contribution in [0.1, 0.15) is 60.7 Å². The van der Waals surface area contributed by atoms with Gasteiger partial charge in [-0.15, -0.1) is 10.2 Å². The Balaban J connectivity index is 1.27. The molecule has 1 aliphatic heterocycles. The van der Waals surface area contributed by atoms with Crippen LogP contribution < -0.4 is 0 Å². The van der Waals surface area contributed by atoms with Crippen LogP contribution in [0.25, 0.3) is 0 Å². The Morgan fingerprint density at radius 1 is 1.04 bits per heavy atom. The molecule has 7 nitrogen and oxygen atoms in total. The summed E-state index contributed by atoms with van der Waals surface area (Å²) in [5.41, 5.74) is 2.26. The van der Waals surface area contributed by atoms with E-state index in [1.165, 1.54) is 24.4 Å². The first kappa shape index (κ1) is 17.6. The molecular formula is C21H27N7. The molecule has 0 aromatic carbocycles. The number of pyridine rings is 1. The minimum Gasteiger partial charge on any atom is -0.330 e. The maximum atomic E-state index is 4.65. The van der Waals surface area contributed by atoms with E-state index in [0.717, 1.165) is 50.5 Å². The summed E-state index contributed by atoms with van der Waals surface area (Å²) in [7, 11) is 0. The van der Waals surface area contributed by atoms with Crippen molar-refractivity contribution in [3.63, 3.8) is 0 Å². The van der Waals surface area contributed by atoms with Crippen molar-refractivity contribution in [1.82, 2.24) is 34.2 Å². The molecule has 4 heterocycles. The molecule has 3 aromatic rings. The van der Waals surface area contributed by atoms with E-state index in [2.05, 4.69) is 59.3 Å². The Morgan fingerprint density at radius 2 is 1.89 bits per heavy atom. The van der Waals surface area contributed by atoms with Crippen molar-refractivity contribution >= 4 is 0 Å². The molecule has 7 heteroatoms. The summed E-state index contributed by atoms with van der Waals surface area (Å²) in [6.45, 7) is 5.93. The van der Waals surface area contributed by atoms with E-state index in [9.17, 15) is 0 Å². The minimum atomic E-state index is 0.506. The normalized spacial score (nSPS) is 18.6. The molecular weight excluding hydrogens is 350 g/mol. The Bertz CT molecular complexity index is 918. The predicted molar refractivity (Wildman–Crippen MR) is 106 cm³/mol. The van der Waals surface area contributed by atoms with Gasteiger partial charge in [0.1, 0.15) is 5.82 Å². The Hall–Kier alpha value is -2.54. The summed E-state index contributed by atoms with van der Waals surface area (Å²) in [5.74, 6) is 2.78. The smallest absolute Gasteiger partial charge is 0.153 e. The van der Waals surface area contributed by atoms with Crippen molar-refractivity contribution in [2.75, 3.05) is 13.1 Å². The van der Waals surface area contributed by atoms with Gasteiger partial charge >= 0.3 is 0 Å². The van der Waals surface area contributed by atoms with Gasteiger partial charge in [0.15, 0.2) is 5.82 Å². The third kappa shape index (κ3) is 3.71. The minimum absolute atomic E-state index is 0.506. The number of hydrogen-bond donors (Lipinski definition) is 0. The van der Waals surface area contributed by atoms with E-state index in [1.54, 1.807) is 0 Å². The molecule has 0 amide bonds. The first-order valence-electron chi connectivity index (χ1n) is 10.3. The number of aromatic nitrogens is 6. The van der Waals surface area contributed by atoms with Crippen LogP contribution in [0, 0.1) is 6.92 Å². The van der Waals surface area contributed by atoms with Crippen LogP contribution in [-0.2, 0) is 13.1 Å². The van der Waals surface area contributed by atoms with Gasteiger partial charge in [0.25, 0.3) is 0 Å². The summed E-state index contributed by atoms with van der Waals surface area (Å²) in [4.78, 5) is 11.3. The molecule has 1 saturated carbocycles. The van der Waals surface area contributed by atoms with Gasteiger partial charge in [-0.25, -0.2) is 4.98 Å². The van der Waals surface area contributed by atoms with Crippen LogP contribution in [0.4, 0.5) is 0 Å². The molecule has 0 atom stereocenters. The molecule has 0 radical (unpaired) electrons. The van der Waals surface area contributed by atoms with E-state index >= 15 is 0 Å². The lowest BCUT2D eigenvalue weighted by Crippen LogP contribution is -2.33. The second-order valence-corrected chi connectivity index (χ2v) is 8.13. The molecule has 5 rings (SSSR count). The third-order valence-corrected chi connectivity index (χ3v) is 5.87. The summed E-state index contributed by atoms with van der Waals surface area (Å²) >= 11 is 0. The van der Waals surface area contributed by atoms with Gasteiger partial charge in [-0.05, 0) is 57.8 Å². The van der Waals surface area contributed by atoms with Crippen molar-refractivity contribution in [2.24, 2.45) is 0 Å². The van der Waals surface area contributed by atoms with Crippen molar-refractivity contribution in [3.8, 4) is 0 Å². The van der Waals surface area contributed by atoms with E-state index in [0.29, 0.717) is 12.0 Å². The quantitative estimate of drug-likeness (QED) is 0.661. The molecule has 2 fully saturated rings. The number of likely N-dealkylation sites (tertiary alicyclic amines) is 1. The Kier molecular flexibility index (Phi) is 4.68. The second-order valence-electron chi connectivity index (χ2n) is 8.13. The average molecular weight is 377 g/mol. The third-order valence-electron chi connectivity index (χ3n) is 5.87. The number of piperidine rings is 1. The fourth-order valence-corrected chi connectivity index (χ4v) is 4.26. The fourth-order valence-electron chi connectivity index (χ4n) is 4.26. The highest BCUT2D eigenvalue weighted by atomic mass is 15.3. The van der Waals surface area contributed by atoms with E-state index in [-0.39, 0.29) is 0 Å². The van der Waals surface area contributed by atoms with E-state index < -0.39 is 0 Å². The molecule has 0 spiro atoms. The molecule has 146 valence electrons. The Labute approximate surface area is 165 Å². The highest BCUT2D eigenvalue weighted by molar-refractivity contribution is 5.11.